The van der Waals surface area contributed by atoms with Crippen molar-refractivity contribution >= 4 is 33.1 Å². The second-order valence-electron chi connectivity index (χ2n) is 6.88. The number of aliphatic imine (C=N–C) groups is 1. The number of benzene rings is 1. The van der Waals surface area contributed by atoms with E-state index in [1.807, 2.05) is 19.1 Å². The maximum Gasteiger partial charge on any atom is 0.194 e. The van der Waals surface area contributed by atoms with Crippen molar-refractivity contribution in [3.63, 3.8) is 0 Å². The first-order chi connectivity index (χ1) is 13.3. The van der Waals surface area contributed by atoms with Gasteiger partial charge in [-0.05, 0) is 31.5 Å². The summed E-state index contributed by atoms with van der Waals surface area (Å²) >= 11 is 6.16. The Hall–Kier alpha value is -1.51. The highest BCUT2D eigenvalue weighted by molar-refractivity contribution is 7.90. The van der Waals surface area contributed by atoms with Gasteiger partial charge in [0.15, 0.2) is 5.96 Å². The monoisotopic (exact) mass is 430 g/mol. The number of anilines is 1. The van der Waals surface area contributed by atoms with E-state index in [9.17, 15) is 8.42 Å². The van der Waals surface area contributed by atoms with Crippen LogP contribution in [0.15, 0.2) is 23.2 Å². The number of ether oxygens (including phenoxy) is 1. The number of piperazine rings is 1. The molecule has 0 unspecified atom stereocenters. The van der Waals surface area contributed by atoms with Gasteiger partial charge >= 0.3 is 0 Å². The van der Waals surface area contributed by atoms with Crippen LogP contribution < -0.4 is 10.2 Å². The van der Waals surface area contributed by atoms with Crippen LogP contribution >= 0.6 is 11.6 Å². The van der Waals surface area contributed by atoms with Gasteiger partial charge in [-0.3, -0.25) is 4.99 Å². The summed E-state index contributed by atoms with van der Waals surface area (Å²) in [6.45, 7) is 9.60. The normalized spacial score (nSPS) is 15.8. The Kier molecular flexibility index (Phi) is 8.85. The molecule has 1 aliphatic rings. The SMILES string of the molecule is CCNC(=NCCOCCS(C)(=O)=O)N1CCN(c2cc(Cl)ccc2C)CC1. The molecular formula is C19H31ClN4O3S. The van der Waals surface area contributed by atoms with E-state index in [0.717, 1.165) is 43.7 Å². The third-order valence-corrected chi connectivity index (χ3v) is 5.66. The Morgan fingerprint density at radius 3 is 2.61 bits per heavy atom. The summed E-state index contributed by atoms with van der Waals surface area (Å²) in [5.74, 6) is 0.915. The lowest BCUT2D eigenvalue weighted by atomic mass is 10.1. The molecule has 0 aromatic heterocycles. The summed E-state index contributed by atoms with van der Waals surface area (Å²) in [4.78, 5) is 9.22. The Labute approximate surface area is 173 Å². The first-order valence-corrected chi connectivity index (χ1v) is 12.0. The Bertz CT molecular complexity index is 762. The number of guanidine groups is 1. The van der Waals surface area contributed by atoms with Crippen molar-refractivity contribution in [1.29, 1.82) is 0 Å². The molecular weight excluding hydrogens is 400 g/mol. The Morgan fingerprint density at radius 1 is 1.25 bits per heavy atom. The second-order valence-corrected chi connectivity index (χ2v) is 9.58. The number of hydrogen-bond donors (Lipinski definition) is 1. The van der Waals surface area contributed by atoms with Gasteiger partial charge in [-0.25, -0.2) is 8.42 Å². The third kappa shape index (κ3) is 7.48. The van der Waals surface area contributed by atoms with Crippen LogP contribution in [0.4, 0.5) is 5.69 Å². The number of rotatable bonds is 8. The molecule has 158 valence electrons. The van der Waals surface area contributed by atoms with Crippen LogP contribution in [0.25, 0.3) is 0 Å². The molecule has 0 radical (unpaired) electrons. The minimum Gasteiger partial charge on any atom is -0.378 e. The van der Waals surface area contributed by atoms with Gasteiger partial charge in [-0.15, -0.1) is 0 Å². The Morgan fingerprint density at radius 2 is 1.96 bits per heavy atom. The van der Waals surface area contributed by atoms with E-state index in [4.69, 9.17) is 16.3 Å². The average Bonchev–Trinajstić information content (AvgIpc) is 2.65. The van der Waals surface area contributed by atoms with E-state index in [0.29, 0.717) is 13.2 Å². The number of nitrogens with zero attached hydrogens (tertiary/aromatic N) is 3. The maximum atomic E-state index is 11.1. The van der Waals surface area contributed by atoms with Crippen LogP contribution in [-0.2, 0) is 14.6 Å². The summed E-state index contributed by atoms with van der Waals surface area (Å²) in [6, 6.07) is 6.00. The molecule has 1 fully saturated rings. The molecule has 1 aromatic rings. The molecule has 28 heavy (non-hydrogen) atoms. The third-order valence-electron chi connectivity index (χ3n) is 4.52. The average molecular weight is 431 g/mol. The van der Waals surface area contributed by atoms with Gasteiger partial charge in [0.05, 0.1) is 25.5 Å². The van der Waals surface area contributed by atoms with Crippen molar-refractivity contribution in [2.45, 2.75) is 13.8 Å². The lowest BCUT2D eigenvalue weighted by Gasteiger charge is -2.38. The van der Waals surface area contributed by atoms with Crippen molar-refractivity contribution in [3.8, 4) is 0 Å². The molecule has 0 atom stereocenters. The van der Waals surface area contributed by atoms with Gasteiger partial charge in [0.2, 0.25) is 0 Å². The van der Waals surface area contributed by atoms with E-state index in [-0.39, 0.29) is 12.4 Å². The number of hydrogen-bond acceptors (Lipinski definition) is 5. The van der Waals surface area contributed by atoms with Crippen molar-refractivity contribution < 1.29 is 13.2 Å². The van der Waals surface area contributed by atoms with E-state index >= 15 is 0 Å². The minimum absolute atomic E-state index is 0.0433. The van der Waals surface area contributed by atoms with Crippen molar-refractivity contribution in [2.75, 3.05) is 69.4 Å². The van der Waals surface area contributed by atoms with Gasteiger partial charge in [-0.2, -0.15) is 0 Å². The smallest absolute Gasteiger partial charge is 0.194 e. The number of sulfone groups is 1. The molecule has 9 heteroatoms. The van der Waals surface area contributed by atoms with Gasteiger partial charge in [0.25, 0.3) is 0 Å². The fourth-order valence-corrected chi connectivity index (χ4v) is 3.62. The summed E-state index contributed by atoms with van der Waals surface area (Å²) in [7, 11) is -2.98. The molecule has 7 nitrogen and oxygen atoms in total. The van der Waals surface area contributed by atoms with E-state index < -0.39 is 9.84 Å². The van der Waals surface area contributed by atoms with Crippen molar-refractivity contribution in [1.82, 2.24) is 10.2 Å². The lowest BCUT2D eigenvalue weighted by molar-refractivity contribution is 0.157. The zero-order valence-electron chi connectivity index (χ0n) is 16.9. The van der Waals surface area contributed by atoms with Crippen LogP contribution in [-0.4, -0.2) is 83.8 Å². The molecule has 1 saturated heterocycles. The quantitative estimate of drug-likeness (QED) is 0.385. The predicted molar refractivity (Wildman–Crippen MR) is 116 cm³/mol. The van der Waals surface area contributed by atoms with Crippen molar-refractivity contribution in [2.24, 2.45) is 4.99 Å². The van der Waals surface area contributed by atoms with E-state index in [2.05, 4.69) is 33.1 Å². The summed E-state index contributed by atoms with van der Waals surface area (Å²) < 4.78 is 27.6. The minimum atomic E-state index is -2.98. The van der Waals surface area contributed by atoms with Crippen molar-refractivity contribution in [3.05, 3.63) is 28.8 Å². The van der Waals surface area contributed by atoms with Gasteiger partial charge in [0.1, 0.15) is 9.84 Å². The predicted octanol–water partition coefficient (Wildman–Crippen LogP) is 1.80. The number of nitrogens with one attached hydrogen (secondary N) is 1. The zero-order valence-corrected chi connectivity index (χ0v) is 18.5. The highest BCUT2D eigenvalue weighted by Gasteiger charge is 2.20. The maximum absolute atomic E-state index is 11.1. The Balaban J connectivity index is 1.85. The number of aryl methyl sites for hydroxylation is 1. The zero-order chi connectivity index (χ0) is 20.6. The molecule has 1 aliphatic heterocycles. The van der Waals surface area contributed by atoms with Crippen LogP contribution in [0.1, 0.15) is 12.5 Å². The van der Waals surface area contributed by atoms with E-state index in [1.54, 1.807) is 0 Å². The molecule has 0 saturated carbocycles. The fraction of sp³-hybridized carbons (Fsp3) is 0.632. The number of halogens is 1. The summed E-state index contributed by atoms with van der Waals surface area (Å²) in [5, 5.41) is 4.09. The highest BCUT2D eigenvalue weighted by atomic mass is 35.5. The molecule has 1 N–H and O–H groups in total. The largest absolute Gasteiger partial charge is 0.378 e. The first-order valence-electron chi connectivity index (χ1n) is 9.60. The van der Waals surface area contributed by atoms with Crippen LogP contribution in [0.5, 0.6) is 0 Å². The first kappa shape index (κ1) is 22.8. The standard InChI is InChI=1S/C19H31ClN4O3S/c1-4-21-19(22-7-12-27-13-14-28(3,25)26)24-10-8-23(9-11-24)18-15-17(20)6-5-16(18)2/h5-6,15H,4,7-14H2,1-3H3,(H,21,22). The van der Waals surface area contributed by atoms with Gasteiger partial charge in [0, 0.05) is 49.7 Å². The molecule has 0 spiro atoms. The van der Waals surface area contributed by atoms with Crippen LogP contribution in [0, 0.1) is 6.92 Å². The fourth-order valence-electron chi connectivity index (χ4n) is 3.04. The molecule has 0 bridgehead atoms. The van der Waals surface area contributed by atoms with E-state index in [1.165, 1.54) is 17.5 Å². The molecule has 1 aromatic carbocycles. The van der Waals surface area contributed by atoms with Gasteiger partial charge in [-0.1, -0.05) is 17.7 Å². The molecule has 0 amide bonds. The highest BCUT2D eigenvalue weighted by Crippen LogP contribution is 2.25. The molecule has 2 rings (SSSR count). The lowest BCUT2D eigenvalue weighted by Crippen LogP contribution is -2.52. The molecule has 0 aliphatic carbocycles. The van der Waals surface area contributed by atoms with Crippen LogP contribution in [0.2, 0.25) is 5.02 Å². The summed E-state index contributed by atoms with van der Waals surface area (Å²) in [5.41, 5.74) is 2.41. The second kappa shape index (κ2) is 10.9. The molecule has 1 heterocycles. The van der Waals surface area contributed by atoms with Crippen LogP contribution in [0.3, 0.4) is 0 Å². The van der Waals surface area contributed by atoms with Gasteiger partial charge < -0.3 is 19.9 Å². The topological polar surface area (TPSA) is 74.2 Å². The summed E-state index contributed by atoms with van der Waals surface area (Å²) in [6.07, 6.45) is 1.21.